The molecule has 0 saturated heterocycles. The third-order valence-electron chi connectivity index (χ3n) is 12.8. The Morgan fingerprint density at radius 1 is 0.554 bits per heavy atom. The molecule has 20 nitrogen and oxygen atoms in total. The summed E-state index contributed by atoms with van der Waals surface area (Å²) in [6.45, 7) is 6.57. The lowest BCUT2D eigenvalue weighted by molar-refractivity contribution is -0.129. The van der Waals surface area contributed by atoms with E-state index in [-0.39, 0.29) is 88.7 Å². The van der Waals surface area contributed by atoms with E-state index in [1.165, 1.54) is 93.3 Å². The molecule has 0 unspecified atom stereocenters. The number of carbonyl (C=O) groups is 7. The van der Waals surface area contributed by atoms with Gasteiger partial charge in [-0.05, 0) is 103 Å². The monoisotopic (exact) mass is 1240 g/mol. The third-order valence-corrected chi connectivity index (χ3v) is 19.7. The summed E-state index contributed by atoms with van der Waals surface area (Å²) in [5.41, 5.74) is 5.70. The number of anilines is 3. The molecule has 1 aliphatic carbocycles. The fourth-order valence-corrected chi connectivity index (χ4v) is 13.3. The first kappa shape index (κ1) is 63.2. The molecule has 26 heteroatoms. The number of rotatable bonds is 18. The summed E-state index contributed by atoms with van der Waals surface area (Å²) in [6.07, 6.45) is 4.82. The first-order valence-corrected chi connectivity index (χ1v) is 32.7. The van der Waals surface area contributed by atoms with Crippen LogP contribution in [0.2, 0.25) is 0 Å². The number of carbonyl (C=O) groups excluding carboxylic acids is 7. The van der Waals surface area contributed by atoms with Gasteiger partial charge >= 0.3 is 0 Å². The number of fused-ring (bicyclic) bond motifs is 3. The Morgan fingerprint density at radius 2 is 1.06 bits per heavy atom. The molecule has 0 radical (unpaired) electrons. The largest absolute Gasteiger partial charge is 0.454 e. The highest BCUT2D eigenvalue weighted by Gasteiger charge is 2.27. The number of ether oxygens (including phenoxy) is 2. The minimum atomic E-state index is -3.94. The van der Waals surface area contributed by atoms with Crippen molar-refractivity contribution in [3.05, 3.63) is 161 Å². The second kappa shape index (κ2) is 27.8. The van der Waals surface area contributed by atoms with Crippen molar-refractivity contribution in [2.45, 2.75) is 74.6 Å². The first-order chi connectivity index (χ1) is 39.3. The Kier molecular flexibility index (Phi) is 21.2. The summed E-state index contributed by atoms with van der Waals surface area (Å²) in [4.78, 5) is 87.4. The van der Waals surface area contributed by atoms with Gasteiger partial charge in [0.25, 0.3) is 30.1 Å². The minimum Gasteiger partial charge on any atom is -0.454 e. The van der Waals surface area contributed by atoms with E-state index < -0.39 is 30.1 Å². The van der Waals surface area contributed by atoms with Crippen LogP contribution < -0.4 is 23.2 Å². The Bertz CT molecular complexity index is 3880. The van der Waals surface area contributed by atoms with E-state index in [2.05, 4.69) is 14.4 Å². The summed E-state index contributed by atoms with van der Waals surface area (Å²) < 4.78 is 93.3. The molecule has 0 spiro atoms. The molecular weight excluding hydrogens is 1190 g/mol. The van der Waals surface area contributed by atoms with Crippen LogP contribution in [0.1, 0.15) is 87.6 Å². The highest BCUT2D eigenvalue weighted by molar-refractivity contribution is 8.14. The van der Waals surface area contributed by atoms with E-state index in [9.17, 15) is 58.8 Å². The molecule has 83 heavy (non-hydrogen) atoms. The standard InChI is InChI=1S/C20H21N3O5S2.C20H21NO4S2.C17H15NO6S2/c1-13(24)23-7-6-19-16(11-23)9-18(10-21-19)30(27,28)22-17-5-3-4-15(8-17)20(26)12-29-14(2)25;1-14(22)26-13-20(23)17-7-4-8-18(11-17)21(2)27(24,25)19-10-9-15-5-3-6-16(15)12-19;1-11(19)25-9-15(20)12-3-2-4-13(7-12)18-26(21,22)14-5-6-16-17(8-14)24-10-23-16/h3-5,8-10,22H,6-7,11-12H2,1-2H3;4,7-12H,3,5-6,13H2,1-2H3;2-8,18H,9-10H2,1H3. The number of sulfonamides is 3. The van der Waals surface area contributed by atoms with Crippen LogP contribution in [0.4, 0.5) is 17.1 Å². The zero-order valence-corrected chi connectivity index (χ0v) is 50.4. The van der Waals surface area contributed by atoms with Crippen LogP contribution in [-0.4, -0.2) is 111 Å². The predicted molar refractivity (Wildman–Crippen MR) is 319 cm³/mol. The molecule has 0 saturated carbocycles. The van der Waals surface area contributed by atoms with Crippen molar-refractivity contribution < 1.29 is 68.3 Å². The van der Waals surface area contributed by atoms with Crippen molar-refractivity contribution in [3.8, 4) is 11.5 Å². The summed E-state index contributed by atoms with van der Waals surface area (Å²) in [7, 11) is -10.0. The van der Waals surface area contributed by atoms with Gasteiger partial charge in [0, 0.05) is 100 Å². The first-order valence-electron chi connectivity index (χ1n) is 25.4. The number of nitrogens with zero attached hydrogens (tertiary/aromatic N) is 3. The summed E-state index contributed by atoms with van der Waals surface area (Å²) in [5.74, 6) is 0.0838. The summed E-state index contributed by atoms with van der Waals surface area (Å²) in [5, 5.41) is -0.447. The minimum absolute atomic E-state index is 0.00702. The SMILES string of the molecule is CC(=O)SCC(=O)c1cccc(N(C)S(=O)(=O)c2ccc3c(c2)CCC3)c1.CC(=O)SCC(=O)c1cccc(NS(=O)(=O)c2ccc3c(c2)OCO3)c1.CC(=O)SCC(=O)c1cccc(NS(=O)(=O)c2cnc3c(c2)CN(C(C)=O)CC3)c1. The number of thioether (sulfide) groups is 3. The molecule has 2 N–H and O–H groups in total. The molecule has 2 aliphatic heterocycles. The van der Waals surface area contributed by atoms with Crippen LogP contribution in [0, 0.1) is 0 Å². The van der Waals surface area contributed by atoms with Crippen LogP contribution in [-0.2, 0) is 75.1 Å². The van der Waals surface area contributed by atoms with E-state index in [0.717, 1.165) is 65.8 Å². The van der Waals surface area contributed by atoms with Crippen LogP contribution in [0.15, 0.2) is 136 Å². The van der Waals surface area contributed by atoms with Crippen molar-refractivity contribution in [2.75, 3.05) is 51.4 Å². The number of pyridine rings is 1. The molecule has 1 amide bonds. The highest BCUT2D eigenvalue weighted by Crippen LogP contribution is 2.35. The van der Waals surface area contributed by atoms with Crippen LogP contribution >= 0.6 is 35.3 Å². The predicted octanol–water partition coefficient (Wildman–Crippen LogP) is 8.39. The fraction of sp³-hybridized carbons (Fsp3) is 0.263. The van der Waals surface area contributed by atoms with E-state index in [1.54, 1.807) is 71.6 Å². The van der Waals surface area contributed by atoms with Crippen molar-refractivity contribution in [1.82, 2.24) is 9.88 Å². The number of ketones is 3. The lowest BCUT2D eigenvalue weighted by atomic mass is 10.1. The Labute approximate surface area is 494 Å². The van der Waals surface area contributed by atoms with E-state index in [4.69, 9.17) is 9.47 Å². The number of benzene rings is 5. The van der Waals surface area contributed by atoms with Gasteiger partial charge in [0.1, 0.15) is 4.90 Å². The number of Topliss-reactive ketones (excluding diaryl/α,β-unsaturated/α-hetero) is 3. The zero-order valence-electron chi connectivity index (χ0n) is 45.5. The number of amides is 1. The Hall–Kier alpha value is -7.36. The van der Waals surface area contributed by atoms with Crippen molar-refractivity contribution >= 4 is 121 Å². The van der Waals surface area contributed by atoms with Gasteiger partial charge in [-0.2, -0.15) is 0 Å². The molecule has 6 aromatic rings. The van der Waals surface area contributed by atoms with E-state index >= 15 is 0 Å². The molecule has 3 aliphatic rings. The highest BCUT2D eigenvalue weighted by atomic mass is 32.2. The van der Waals surface area contributed by atoms with Crippen molar-refractivity contribution in [1.29, 1.82) is 0 Å². The lowest BCUT2D eigenvalue weighted by Crippen LogP contribution is -2.34. The normalized spacial score (nSPS) is 13.1. The number of aromatic nitrogens is 1. The van der Waals surface area contributed by atoms with Gasteiger partial charge in [-0.15, -0.1) is 0 Å². The second-order valence-electron chi connectivity index (χ2n) is 18.8. The molecule has 0 fully saturated rings. The molecule has 5 aromatic carbocycles. The van der Waals surface area contributed by atoms with E-state index in [0.29, 0.717) is 59.0 Å². The fourth-order valence-electron chi connectivity index (χ4n) is 8.44. The number of hydrogen-bond acceptors (Lipinski definition) is 19. The molecule has 3 heterocycles. The summed E-state index contributed by atoms with van der Waals surface area (Å²) in [6, 6.07) is 29.8. The van der Waals surface area contributed by atoms with Gasteiger partial charge in [0.15, 0.2) is 44.2 Å². The molecule has 0 atom stereocenters. The van der Waals surface area contributed by atoms with Crippen molar-refractivity contribution in [2.24, 2.45) is 0 Å². The number of nitrogens with one attached hydrogen (secondary N) is 2. The van der Waals surface area contributed by atoms with Crippen molar-refractivity contribution in [3.63, 3.8) is 0 Å². The lowest BCUT2D eigenvalue weighted by Gasteiger charge is -2.27. The maximum Gasteiger partial charge on any atom is 0.264 e. The van der Waals surface area contributed by atoms with Gasteiger partial charge in [-0.1, -0.05) is 77.8 Å². The second-order valence-corrected chi connectivity index (χ2v) is 27.6. The molecule has 0 bridgehead atoms. The van der Waals surface area contributed by atoms with Gasteiger partial charge < -0.3 is 14.4 Å². The van der Waals surface area contributed by atoms with Crippen LogP contribution in [0.5, 0.6) is 11.5 Å². The van der Waals surface area contributed by atoms with Crippen LogP contribution in [0.25, 0.3) is 0 Å². The maximum absolute atomic E-state index is 13.0. The van der Waals surface area contributed by atoms with Gasteiger partial charge in [-0.25, -0.2) is 25.3 Å². The van der Waals surface area contributed by atoms with Crippen LogP contribution in [0.3, 0.4) is 0 Å². The molecule has 9 rings (SSSR count). The average molecular weight is 1240 g/mol. The number of hydrogen-bond donors (Lipinski definition) is 2. The quantitative estimate of drug-likeness (QED) is 0.0764. The van der Waals surface area contributed by atoms with E-state index in [1.807, 2.05) is 6.07 Å². The molecular formula is C57H57N5O15S6. The smallest absolute Gasteiger partial charge is 0.264 e. The van der Waals surface area contributed by atoms with Gasteiger partial charge in [-0.3, -0.25) is 52.3 Å². The molecule has 1 aromatic heterocycles. The zero-order chi connectivity index (χ0) is 60.2. The summed E-state index contributed by atoms with van der Waals surface area (Å²) >= 11 is 2.75. The van der Waals surface area contributed by atoms with Gasteiger partial charge in [0.05, 0.1) is 32.7 Å². The topological polar surface area (TPSA) is 284 Å². The number of aryl methyl sites for hydroxylation is 2. The third kappa shape index (κ3) is 17.1. The maximum atomic E-state index is 13.0. The average Bonchev–Trinajstić information content (AvgIpc) is 4.27. The molecule has 436 valence electrons. The Balaban J connectivity index is 0.000000179. The Morgan fingerprint density at radius 3 is 1.63 bits per heavy atom. The van der Waals surface area contributed by atoms with Gasteiger partial charge in [0.2, 0.25) is 12.7 Å².